The molecule has 1 fully saturated rings. The molecule has 9 heteroatoms. The summed E-state index contributed by atoms with van der Waals surface area (Å²) in [6, 6.07) is 4.06. The number of hydrogen-bond acceptors (Lipinski definition) is 7. The van der Waals surface area contributed by atoms with Gasteiger partial charge in [-0.05, 0) is 42.3 Å². The van der Waals surface area contributed by atoms with Crippen LogP contribution >= 0.6 is 23.1 Å². The normalized spacial score (nSPS) is 16.1. The van der Waals surface area contributed by atoms with E-state index in [0.717, 1.165) is 17.7 Å². The van der Waals surface area contributed by atoms with Gasteiger partial charge in [0.1, 0.15) is 0 Å². The molecule has 1 atom stereocenters. The van der Waals surface area contributed by atoms with Gasteiger partial charge < -0.3 is 5.32 Å². The number of carbonyl (C=O) groups is 2. The molecule has 1 N–H and O–H groups in total. The fourth-order valence-electron chi connectivity index (χ4n) is 2.87. The van der Waals surface area contributed by atoms with Crippen molar-refractivity contribution in [2.24, 2.45) is 0 Å². The third kappa shape index (κ3) is 4.46. The second-order valence-electron chi connectivity index (χ2n) is 6.14. The highest BCUT2D eigenvalue weighted by molar-refractivity contribution is 8.00. The fraction of sp³-hybridized carbons (Fsp3) is 0.562. The predicted molar refractivity (Wildman–Crippen MR) is 96.8 cm³/mol. The lowest BCUT2D eigenvalue weighted by Gasteiger charge is -2.13. The Labute approximate surface area is 154 Å². The maximum Gasteiger partial charge on any atom is 0.217 e. The molecule has 2 heterocycles. The zero-order valence-electron chi connectivity index (χ0n) is 14.3. The van der Waals surface area contributed by atoms with E-state index in [0.29, 0.717) is 22.6 Å². The first-order valence-corrected chi connectivity index (χ1v) is 10.1. The number of amides is 1. The number of thioether (sulfide) groups is 1. The first kappa shape index (κ1) is 18.1. The van der Waals surface area contributed by atoms with Crippen LogP contribution in [0.4, 0.5) is 0 Å². The van der Waals surface area contributed by atoms with Crippen LogP contribution in [0.1, 0.15) is 60.1 Å². The molecular weight excluding hydrogens is 358 g/mol. The third-order valence-corrected chi connectivity index (χ3v) is 6.35. The van der Waals surface area contributed by atoms with Crippen molar-refractivity contribution in [2.45, 2.75) is 62.5 Å². The molecule has 0 aliphatic heterocycles. The van der Waals surface area contributed by atoms with Gasteiger partial charge >= 0.3 is 0 Å². The molecule has 1 aliphatic rings. The smallest absolute Gasteiger partial charge is 0.217 e. The van der Waals surface area contributed by atoms with Crippen LogP contribution in [-0.2, 0) is 11.3 Å². The van der Waals surface area contributed by atoms with Crippen molar-refractivity contribution >= 4 is 34.8 Å². The van der Waals surface area contributed by atoms with Gasteiger partial charge in [-0.1, -0.05) is 24.6 Å². The van der Waals surface area contributed by atoms with Crippen molar-refractivity contribution in [1.82, 2.24) is 25.5 Å². The van der Waals surface area contributed by atoms with Crippen LogP contribution in [0.3, 0.4) is 0 Å². The van der Waals surface area contributed by atoms with Crippen LogP contribution in [0.25, 0.3) is 0 Å². The minimum atomic E-state index is -0.265. The van der Waals surface area contributed by atoms with E-state index >= 15 is 0 Å². The lowest BCUT2D eigenvalue weighted by Crippen LogP contribution is -2.18. The summed E-state index contributed by atoms with van der Waals surface area (Å²) in [5, 5.41) is 15.2. The highest BCUT2D eigenvalue weighted by Gasteiger charge is 2.25. The Bertz CT molecular complexity index is 751. The fourth-order valence-corrected chi connectivity index (χ4v) is 4.85. The van der Waals surface area contributed by atoms with Crippen LogP contribution in [0.15, 0.2) is 17.3 Å². The number of thiophene rings is 1. The zero-order valence-corrected chi connectivity index (χ0v) is 15.9. The number of ketones is 1. The van der Waals surface area contributed by atoms with Gasteiger partial charge in [-0.2, -0.15) is 0 Å². The molecule has 134 valence electrons. The quantitative estimate of drug-likeness (QED) is 0.588. The first-order valence-electron chi connectivity index (χ1n) is 8.36. The zero-order chi connectivity index (χ0) is 17.8. The van der Waals surface area contributed by atoms with Crippen LogP contribution in [0, 0.1) is 0 Å². The van der Waals surface area contributed by atoms with Crippen LogP contribution in [-0.4, -0.2) is 37.1 Å². The van der Waals surface area contributed by atoms with Crippen molar-refractivity contribution < 1.29 is 9.59 Å². The molecule has 1 unspecified atom stereocenters. The number of Topliss-reactive ketones (excluding diaryl/α,β-unsaturated/α-hetero) is 1. The Kier molecular flexibility index (Phi) is 5.85. The standard InChI is InChI=1S/C16H21N5O2S2/c1-10(15(23)14-8-7-13(25-14)9-17-11(2)22)24-16-18-19-20-21(16)12-5-3-4-6-12/h7-8,10,12H,3-6,9H2,1-2H3,(H,17,22). The van der Waals surface area contributed by atoms with E-state index in [1.165, 1.54) is 42.9 Å². The molecule has 2 aromatic heterocycles. The van der Waals surface area contributed by atoms with Gasteiger partial charge in [0.05, 0.1) is 22.7 Å². The molecular formula is C16H21N5O2S2. The lowest BCUT2D eigenvalue weighted by atomic mass is 10.2. The summed E-state index contributed by atoms with van der Waals surface area (Å²) >= 11 is 2.83. The number of nitrogens with one attached hydrogen (secondary N) is 1. The van der Waals surface area contributed by atoms with Crippen molar-refractivity contribution in [3.8, 4) is 0 Å². The highest BCUT2D eigenvalue weighted by Crippen LogP contribution is 2.33. The van der Waals surface area contributed by atoms with Crippen LogP contribution in [0.5, 0.6) is 0 Å². The lowest BCUT2D eigenvalue weighted by molar-refractivity contribution is -0.119. The molecule has 1 saturated carbocycles. The van der Waals surface area contributed by atoms with Crippen LogP contribution in [0.2, 0.25) is 0 Å². The summed E-state index contributed by atoms with van der Waals surface area (Å²) in [5.74, 6) is -0.0194. The molecule has 1 amide bonds. The van der Waals surface area contributed by atoms with E-state index in [4.69, 9.17) is 0 Å². The van der Waals surface area contributed by atoms with E-state index < -0.39 is 0 Å². The molecule has 0 radical (unpaired) electrons. The number of carbonyl (C=O) groups excluding carboxylic acids is 2. The molecule has 7 nitrogen and oxygen atoms in total. The molecule has 0 saturated heterocycles. The first-order chi connectivity index (χ1) is 12.0. The minimum absolute atomic E-state index is 0.0602. The summed E-state index contributed by atoms with van der Waals surface area (Å²) in [4.78, 5) is 25.3. The predicted octanol–water partition coefficient (Wildman–Crippen LogP) is 2.85. The molecule has 2 aromatic rings. The maximum atomic E-state index is 12.7. The average Bonchev–Trinajstić information content (AvgIpc) is 3.32. The Morgan fingerprint density at radius 3 is 2.88 bits per heavy atom. The number of nitrogens with zero attached hydrogens (tertiary/aromatic N) is 4. The summed E-state index contributed by atoms with van der Waals surface area (Å²) < 4.78 is 1.87. The largest absolute Gasteiger partial charge is 0.351 e. The minimum Gasteiger partial charge on any atom is -0.351 e. The monoisotopic (exact) mass is 379 g/mol. The maximum absolute atomic E-state index is 12.7. The highest BCUT2D eigenvalue weighted by atomic mass is 32.2. The van der Waals surface area contributed by atoms with E-state index in [1.54, 1.807) is 0 Å². The van der Waals surface area contributed by atoms with Crippen molar-refractivity contribution in [1.29, 1.82) is 0 Å². The van der Waals surface area contributed by atoms with E-state index in [1.807, 2.05) is 23.7 Å². The van der Waals surface area contributed by atoms with Gasteiger partial charge in [0.15, 0.2) is 5.78 Å². The number of hydrogen-bond donors (Lipinski definition) is 1. The van der Waals surface area contributed by atoms with Gasteiger partial charge in [-0.25, -0.2) is 4.68 Å². The molecule has 0 bridgehead atoms. The number of tetrazole rings is 1. The van der Waals surface area contributed by atoms with Crippen molar-refractivity contribution in [3.05, 3.63) is 21.9 Å². The average molecular weight is 380 g/mol. The van der Waals surface area contributed by atoms with Gasteiger partial charge in [0.2, 0.25) is 11.1 Å². The Balaban J connectivity index is 1.63. The summed E-state index contributed by atoms with van der Waals surface area (Å²) in [6.07, 6.45) is 4.60. The number of rotatable bonds is 7. The molecule has 25 heavy (non-hydrogen) atoms. The van der Waals surface area contributed by atoms with Gasteiger partial charge in [0, 0.05) is 11.8 Å². The number of aromatic nitrogens is 4. The van der Waals surface area contributed by atoms with Gasteiger partial charge in [0.25, 0.3) is 0 Å². The second kappa shape index (κ2) is 8.09. The molecule has 0 aromatic carbocycles. The molecule has 1 aliphatic carbocycles. The van der Waals surface area contributed by atoms with E-state index in [-0.39, 0.29) is 16.9 Å². The van der Waals surface area contributed by atoms with Crippen molar-refractivity contribution in [3.63, 3.8) is 0 Å². The Morgan fingerprint density at radius 1 is 1.40 bits per heavy atom. The topological polar surface area (TPSA) is 89.8 Å². The third-order valence-electron chi connectivity index (χ3n) is 4.20. The van der Waals surface area contributed by atoms with Crippen LogP contribution < -0.4 is 5.32 Å². The summed E-state index contributed by atoms with van der Waals surface area (Å²) in [7, 11) is 0. The Hall–Kier alpha value is -1.74. The second-order valence-corrected chi connectivity index (χ2v) is 8.62. The van der Waals surface area contributed by atoms with Crippen molar-refractivity contribution in [2.75, 3.05) is 0 Å². The van der Waals surface area contributed by atoms with Gasteiger partial charge in [-0.3, -0.25) is 9.59 Å². The van der Waals surface area contributed by atoms with E-state index in [9.17, 15) is 9.59 Å². The summed E-state index contributed by atoms with van der Waals surface area (Å²) in [6.45, 7) is 3.82. The van der Waals surface area contributed by atoms with Gasteiger partial charge in [-0.15, -0.1) is 16.4 Å². The Morgan fingerprint density at radius 2 is 2.16 bits per heavy atom. The van der Waals surface area contributed by atoms with E-state index in [2.05, 4.69) is 20.8 Å². The SMILES string of the molecule is CC(=O)NCc1ccc(C(=O)C(C)Sc2nnnn2C2CCCC2)s1. The summed E-state index contributed by atoms with van der Waals surface area (Å²) in [5.41, 5.74) is 0. The molecule has 0 spiro atoms. The molecule has 3 rings (SSSR count).